The molecule has 2 aromatic rings. The predicted octanol–water partition coefficient (Wildman–Crippen LogP) is 1.94. The molecule has 2 rings (SSSR count). The normalized spacial score (nSPS) is 11.2. The molecule has 0 saturated heterocycles. The Morgan fingerprint density at radius 3 is 2.61 bits per heavy atom. The fourth-order valence-corrected chi connectivity index (χ4v) is 2.39. The topological polar surface area (TPSA) is 63.1 Å². The van der Waals surface area contributed by atoms with Crippen molar-refractivity contribution in [2.45, 2.75) is 39.9 Å². The Kier molecular flexibility index (Phi) is 6.29. The average molecular weight is 315 g/mol. The van der Waals surface area contributed by atoms with Crippen molar-refractivity contribution >= 4 is 5.91 Å². The molecule has 0 spiro atoms. The van der Waals surface area contributed by atoms with Gasteiger partial charge in [-0.25, -0.2) is 0 Å². The molecule has 1 N–H and O–H groups in total. The lowest BCUT2D eigenvalue weighted by Crippen LogP contribution is -2.30. The van der Waals surface area contributed by atoms with Crippen molar-refractivity contribution in [3.05, 3.63) is 47.8 Å². The van der Waals surface area contributed by atoms with Crippen LogP contribution in [0.15, 0.2) is 36.7 Å². The van der Waals surface area contributed by atoms with E-state index in [0.29, 0.717) is 24.7 Å². The molecule has 1 heterocycles. The fourth-order valence-electron chi connectivity index (χ4n) is 2.39. The number of nitrogens with one attached hydrogen (secondary N) is 1. The van der Waals surface area contributed by atoms with Crippen molar-refractivity contribution in [3.63, 3.8) is 0 Å². The molecular weight excluding hydrogens is 290 g/mol. The van der Waals surface area contributed by atoms with Gasteiger partial charge in [-0.1, -0.05) is 24.3 Å². The summed E-state index contributed by atoms with van der Waals surface area (Å²) < 4.78 is 1.69. The number of carbonyl (C=O) groups is 1. The van der Waals surface area contributed by atoms with Crippen molar-refractivity contribution in [1.82, 2.24) is 25.2 Å². The van der Waals surface area contributed by atoms with Crippen molar-refractivity contribution in [3.8, 4) is 0 Å². The minimum atomic E-state index is -0.0622. The summed E-state index contributed by atoms with van der Waals surface area (Å²) in [6.07, 6.45) is 3.40. The summed E-state index contributed by atoms with van der Waals surface area (Å²) in [4.78, 5) is 14.5. The van der Waals surface area contributed by atoms with E-state index in [4.69, 9.17) is 0 Å². The highest BCUT2D eigenvalue weighted by Crippen LogP contribution is 2.10. The van der Waals surface area contributed by atoms with Gasteiger partial charge in [0.2, 0.25) is 0 Å². The summed E-state index contributed by atoms with van der Waals surface area (Å²) in [7, 11) is 0. The first-order chi connectivity index (χ1) is 11.1. The fraction of sp³-hybridized carbons (Fsp3) is 0.471. The van der Waals surface area contributed by atoms with Crippen molar-refractivity contribution < 1.29 is 4.79 Å². The molecule has 0 aliphatic rings. The van der Waals surface area contributed by atoms with Crippen LogP contribution in [0, 0.1) is 0 Å². The molecule has 0 unspecified atom stereocenters. The van der Waals surface area contributed by atoms with Crippen LogP contribution in [0.1, 0.15) is 36.7 Å². The number of nitrogens with zero attached hydrogens (tertiary/aromatic N) is 4. The van der Waals surface area contributed by atoms with Crippen LogP contribution in [0.5, 0.6) is 0 Å². The summed E-state index contributed by atoms with van der Waals surface area (Å²) in [6, 6.07) is 8.33. The molecular formula is C17H25N5O. The van der Waals surface area contributed by atoms with Crippen LogP contribution < -0.4 is 5.32 Å². The third-order valence-electron chi connectivity index (χ3n) is 3.84. The molecule has 1 aromatic heterocycles. The Hall–Kier alpha value is -2.21. The van der Waals surface area contributed by atoms with Crippen LogP contribution in [-0.2, 0) is 13.1 Å². The number of hydrogen-bond acceptors (Lipinski definition) is 4. The number of carbonyl (C=O) groups excluding carboxylic acids is 1. The number of amides is 1. The second kappa shape index (κ2) is 8.43. The molecule has 1 aromatic carbocycles. The highest BCUT2D eigenvalue weighted by atomic mass is 16.1. The Morgan fingerprint density at radius 1 is 1.30 bits per heavy atom. The van der Waals surface area contributed by atoms with Gasteiger partial charge in [0, 0.05) is 30.9 Å². The van der Waals surface area contributed by atoms with Gasteiger partial charge in [0.15, 0.2) is 0 Å². The first kappa shape index (κ1) is 17.1. The number of benzene rings is 1. The molecule has 0 fully saturated rings. The van der Waals surface area contributed by atoms with E-state index in [2.05, 4.69) is 41.3 Å². The Labute approximate surface area is 137 Å². The van der Waals surface area contributed by atoms with Gasteiger partial charge in [0.1, 0.15) is 0 Å². The highest BCUT2D eigenvalue weighted by molar-refractivity contribution is 5.94. The van der Waals surface area contributed by atoms with Gasteiger partial charge in [-0.3, -0.25) is 14.4 Å². The zero-order valence-electron chi connectivity index (χ0n) is 14.1. The standard InChI is InChI=1S/C17H25N5O/c1-4-21(14(2)3)13-15-5-7-16(8-6-15)17(23)18-9-11-22-12-10-19-20-22/h5-8,10,12,14H,4,9,11,13H2,1-3H3,(H,18,23). The molecule has 6 heteroatoms. The molecule has 0 aliphatic heterocycles. The molecule has 23 heavy (non-hydrogen) atoms. The van der Waals surface area contributed by atoms with Crippen molar-refractivity contribution in [2.24, 2.45) is 0 Å². The highest BCUT2D eigenvalue weighted by Gasteiger charge is 2.09. The van der Waals surface area contributed by atoms with Gasteiger partial charge in [0.25, 0.3) is 5.91 Å². The van der Waals surface area contributed by atoms with Crippen molar-refractivity contribution in [2.75, 3.05) is 13.1 Å². The SMILES string of the molecule is CCN(Cc1ccc(C(=O)NCCn2ccnn2)cc1)C(C)C. The molecule has 0 saturated carbocycles. The van der Waals surface area contributed by atoms with Gasteiger partial charge in [-0.2, -0.15) is 0 Å². The number of aromatic nitrogens is 3. The quantitative estimate of drug-likeness (QED) is 0.808. The summed E-state index contributed by atoms with van der Waals surface area (Å²) in [6.45, 7) is 9.62. The maximum Gasteiger partial charge on any atom is 0.251 e. The first-order valence-electron chi connectivity index (χ1n) is 8.05. The van der Waals surface area contributed by atoms with Crippen LogP contribution in [0.25, 0.3) is 0 Å². The van der Waals surface area contributed by atoms with E-state index in [9.17, 15) is 4.79 Å². The van der Waals surface area contributed by atoms with Crippen LogP contribution in [0.2, 0.25) is 0 Å². The summed E-state index contributed by atoms with van der Waals surface area (Å²) >= 11 is 0. The second-order valence-corrected chi connectivity index (χ2v) is 5.78. The van der Waals surface area contributed by atoms with Gasteiger partial charge < -0.3 is 5.32 Å². The lowest BCUT2D eigenvalue weighted by molar-refractivity contribution is 0.0952. The maximum atomic E-state index is 12.1. The molecule has 0 aliphatic carbocycles. The monoisotopic (exact) mass is 315 g/mol. The van der Waals surface area contributed by atoms with Gasteiger partial charge >= 0.3 is 0 Å². The van der Waals surface area contributed by atoms with Crippen LogP contribution in [0.3, 0.4) is 0 Å². The second-order valence-electron chi connectivity index (χ2n) is 5.78. The molecule has 1 amide bonds. The van der Waals surface area contributed by atoms with Crippen LogP contribution in [-0.4, -0.2) is 44.9 Å². The lowest BCUT2D eigenvalue weighted by Gasteiger charge is -2.24. The Bertz CT molecular complexity index is 592. The number of rotatable bonds is 8. The Balaban J connectivity index is 1.84. The van der Waals surface area contributed by atoms with E-state index < -0.39 is 0 Å². The minimum absolute atomic E-state index is 0.0622. The zero-order chi connectivity index (χ0) is 16.7. The summed E-state index contributed by atoms with van der Waals surface area (Å²) in [5.41, 5.74) is 1.90. The van der Waals surface area contributed by atoms with E-state index >= 15 is 0 Å². The van der Waals surface area contributed by atoms with E-state index in [1.807, 2.05) is 24.3 Å². The average Bonchev–Trinajstić information content (AvgIpc) is 3.06. The summed E-state index contributed by atoms with van der Waals surface area (Å²) in [5, 5.41) is 10.5. The van der Waals surface area contributed by atoms with E-state index in [-0.39, 0.29) is 5.91 Å². The molecule has 0 bridgehead atoms. The molecule has 6 nitrogen and oxygen atoms in total. The van der Waals surface area contributed by atoms with Gasteiger partial charge in [-0.15, -0.1) is 5.10 Å². The zero-order valence-corrected chi connectivity index (χ0v) is 14.1. The predicted molar refractivity (Wildman–Crippen MR) is 90.0 cm³/mol. The van der Waals surface area contributed by atoms with Crippen molar-refractivity contribution in [1.29, 1.82) is 0 Å². The molecule has 0 atom stereocenters. The third kappa shape index (κ3) is 5.17. The van der Waals surface area contributed by atoms with E-state index in [1.165, 1.54) is 5.56 Å². The van der Waals surface area contributed by atoms with E-state index in [1.54, 1.807) is 17.1 Å². The number of hydrogen-bond donors (Lipinski definition) is 1. The minimum Gasteiger partial charge on any atom is -0.350 e. The van der Waals surface area contributed by atoms with E-state index in [0.717, 1.165) is 13.1 Å². The van der Waals surface area contributed by atoms with Crippen LogP contribution >= 0.6 is 0 Å². The molecule has 0 radical (unpaired) electrons. The maximum absolute atomic E-state index is 12.1. The largest absolute Gasteiger partial charge is 0.350 e. The summed E-state index contributed by atoms with van der Waals surface area (Å²) in [5.74, 6) is -0.0622. The smallest absolute Gasteiger partial charge is 0.251 e. The third-order valence-corrected chi connectivity index (χ3v) is 3.84. The van der Waals surface area contributed by atoms with Gasteiger partial charge in [0.05, 0.1) is 12.7 Å². The Morgan fingerprint density at radius 2 is 2.04 bits per heavy atom. The van der Waals surface area contributed by atoms with Crippen LogP contribution in [0.4, 0.5) is 0 Å². The molecule has 124 valence electrons. The first-order valence-corrected chi connectivity index (χ1v) is 8.05. The van der Waals surface area contributed by atoms with Gasteiger partial charge in [-0.05, 0) is 38.1 Å². The lowest BCUT2D eigenvalue weighted by atomic mass is 10.1.